The minimum atomic E-state index is -3.42. The van der Waals surface area contributed by atoms with E-state index in [1.54, 1.807) is 12.3 Å². The summed E-state index contributed by atoms with van der Waals surface area (Å²) >= 11 is 8.98. The van der Waals surface area contributed by atoms with Crippen LogP contribution in [-0.4, -0.2) is 36.7 Å². The highest BCUT2D eigenvalue weighted by Crippen LogP contribution is 2.25. The quantitative estimate of drug-likeness (QED) is 0.792. The van der Waals surface area contributed by atoms with E-state index in [9.17, 15) is 8.42 Å². The van der Waals surface area contributed by atoms with E-state index in [1.165, 1.54) is 10.5 Å². The third kappa shape index (κ3) is 2.81. The molecule has 1 atom stereocenters. The third-order valence-corrected chi connectivity index (χ3v) is 5.48. The van der Waals surface area contributed by atoms with E-state index in [4.69, 9.17) is 11.6 Å². The van der Waals surface area contributed by atoms with E-state index < -0.39 is 10.0 Å². The summed E-state index contributed by atoms with van der Waals surface area (Å²) in [4.78, 5) is 4.11. The Morgan fingerprint density at radius 3 is 2.88 bits per heavy atom. The van der Waals surface area contributed by atoms with Gasteiger partial charge in [-0.25, -0.2) is 8.42 Å². The molecule has 1 aromatic heterocycles. The van der Waals surface area contributed by atoms with Crippen molar-refractivity contribution in [2.75, 3.05) is 19.0 Å². The second kappa shape index (κ2) is 5.22. The zero-order valence-electron chi connectivity index (χ0n) is 9.01. The smallest absolute Gasteiger partial charge is 0.244 e. The minimum Gasteiger partial charge on any atom is -0.262 e. The van der Waals surface area contributed by atoms with E-state index in [0.717, 1.165) is 6.42 Å². The van der Waals surface area contributed by atoms with E-state index in [-0.39, 0.29) is 10.8 Å². The predicted octanol–water partition coefficient (Wildman–Crippen LogP) is 2.09. The molecule has 0 N–H and O–H groups in total. The maximum absolute atomic E-state index is 12.3. The summed E-state index contributed by atoms with van der Waals surface area (Å²) in [6.45, 7) is 1.03. The molecule has 0 aliphatic carbocycles. The van der Waals surface area contributed by atoms with Gasteiger partial charge in [0.1, 0.15) is 4.90 Å². The first-order valence-corrected chi connectivity index (χ1v) is 7.97. The van der Waals surface area contributed by atoms with Crippen LogP contribution in [0, 0.1) is 5.92 Å². The number of sulfonamides is 1. The molecule has 1 unspecified atom stereocenters. The van der Waals surface area contributed by atoms with Gasteiger partial charge in [0.25, 0.3) is 0 Å². The molecule has 17 heavy (non-hydrogen) atoms. The number of rotatable bonds is 3. The minimum absolute atomic E-state index is 0.224. The Hall–Kier alpha value is -0.170. The van der Waals surface area contributed by atoms with Crippen LogP contribution in [-0.2, 0) is 10.0 Å². The number of aromatic nitrogens is 1. The first-order valence-electron chi connectivity index (χ1n) is 5.20. The molecule has 1 aromatic rings. The Morgan fingerprint density at radius 2 is 2.29 bits per heavy atom. The van der Waals surface area contributed by atoms with Crippen molar-refractivity contribution < 1.29 is 8.42 Å². The number of halogens is 2. The molecule has 0 saturated carbocycles. The van der Waals surface area contributed by atoms with Crippen LogP contribution in [0.4, 0.5) is 0 Å². The van der Waals surface area contributed by atoms with Gasteiger partial charge in [0.05, 0.1) is 0 Å². The number of hydrogen-bond acceptors (Lipinski definition) is 3. The van der Waals surface area contributed by atoms with Gasteiger partial charge in [-0.15, -0.1) is 11.6 Å². The molecular weight excluding hydrogens is 328 g/mol. The topological polar surface area (TPSA) is 50.3 Å². The molecule has 4 nitrogen and oxygen atoms in total. The average Bonchev–Trinajstić information content (AvgIpc) is 2.78. The fourth-order valence-electron chi connectivity index (χ4n) is 1.82. The summed E-state index contributed by atoms with van der Waals surface area (Å²) in [5.41, 5.74) is 0. The van der Waals surface area contributed by atoms with Gasteiger partial charge >= 0.3 is 0 Å². The van der Waals surface area contributed by atoms with Crippen molar-refractivity contribution in [2.24, 2.45) is 5.92 Å². The van der Waals surface area contributed by atoms with Gasteiger partial charge in [-0.05, 0) is 34.3 Å². The lowest BCUT2D eigenvalue weighted by molar-refractivity contribution is 0.465. The highest BCUT2D eigenvalue weighted by atomic mass is 79.9. The largest absolute Gasteiger partial charge is 0.262 e. The van der Waals surface area contributed by atoms with Crippen LogP contribution in [0.2, 0.25) is 0 Å². The Balaban J connectivity index is 2.25. The van der Waals surface area contributed by atoms with Gasteiger partial charge in [-0.2, -0.15) is 4.31 Å². The molecular formula is C10H12BrClN2O2S. The lowest BCUT2D eigenvalue weighted by Gasteiger charge is -2.15. The monoisotopic (exact) mass is 338 g/mol. The molecule has 0 aromatic carbocycles. The maximum Gasteiger partial charge on any atom is 0.244 e. The SMILES string of the molecule is O=S(=O)(c1cncc(Br)c1)N1CCC(CCl)C1. The number of hydrogen-bond donors (Lipinski definition) is 0. The Morgan fingerprint density at radius 1 is 1.53 bits per heavy atom. The van der Waals surface area contributed by atoms with Gasteiger partial charge in [0.15, 0.2) is 0 Å². The third-order valence-electron chi connectivity index (χ3n) is 2.78. The number of pyridine rings is 1. The average molecular weight is 340 g/mol. The van der Waals surface area contributed by atoms with Crippen LogP contribution in [0.5, 0.6) is 0 Å². The van der Waals surface area contributed by atoms with E-state index >= 15 is 0 Å². The first kappa shape index (κ1) is 13.3. The van der Waals surface area contributed by atoms with Gasteiger partial charge in [0.2, 0.25) is 10.0 Å². The molecule has 94 valence electrons. The molecule has 2 rings (SSSR count). The summed E-state index contributed by atoms with van der Waals surface area (Å²) in [5.74, 6) is 0.759. The van der Waals surface area contributed by atoms with Crippen LogP contribution in [0.1, 0.15) is 6.42 Å². The molecule has 0 spiro atoms. The summed E-state index contributed by atoms with van der Waals surface area (Å²) in [7, 11) is -3.42. The van der Waals surface area contributed by atoms with Crippen molar-refractivity contribution in [3.63, 3.8) is 0 Å². The maximum atomic E-state index is 12.3. The molecule has 1 fully saturated rings. The summed E-state index contributed by atoms with van der Waals surface area (Å²) in [5, 5.41) is 0. The van der Waals surface area contributed by atoms with Crippen LogP contribution >= 0.6 is 27.5 Å². The van der Waals surface area contributed by atoms with Crippen molar-refractivity contribution in [3.05, 3.63) is 22.9 Å². The molecule has 0 bridgehead atoms. The van der Waals surface area contributed by atoms with E-state index in [1.807, 2.05) is 0 Å². The van der Waals surface area contributed by atoms with Crippen LogP contribution in [0.3, 0.4) is 0 Å². The lowest BCUT2D eigenvalue weighted by Crippen LogP contribution is -2.29. The summed E-state index contributed by atoms with van der Waals surface area (Å²) in [6.07, 6.45) is 3.75. The zero-order chi connectivity index (χ0) is 12.5. The van der Waals surface area contributed by atoms with E-state index in [2.05, 4.69) is 20.9 Å². The van der Waals surface area contributed by atoms with Crippen molar-refractivity contribution in [2.45, 2.75) is 11.3 Å². The summed E-state index contributed by atoms with van der Waals surface area (Å²) in [6, 6.07) is 1.57. The molecule has 0 radical (unpaired) electrons. The van der Waals surface area contributed by atoms with Crippen LogP contribution in [0.25, 0.3) is 0 Å². The zero-order valence-corrected chi connectivity index (χ0v) is 12.2. The molecule has 2 heterocycles. The van der Waals surface area contributed by atoms with Crippen LogP contribution in [0.15, 0.2) is 27.8 Å². The molecule has 1 aliphatic rings. The Bertz CT molecular complexity index is 509. The second-order valence-electron chi connectivity index (χ2n) is 4.01. The predicted molar refractivity (Wildman–Crippen MR) is 69.5 cm³/mol. The number of alkyl halides is 1. The van der Waals surface area contributed by atoms with Crippen LogP contribution < -0.4 is 0 Å². The standard InChI is InChI=1S/C10H12BrClN2O2S/c11-9-3-10(6-13-5-9)17(15,16)14-2-1-8(4-12)7-14/h3,5-6,8H,1-2,4,7H2. The molecule has 1 saturated heterocycles. The highest BCUT2D eigenvalue weighted by molar-refractivity contribution is 9.10. The normalized spacial score (nSPS) is 21.9. The molecule has 1 aliphatic heterocycles. The summed E-state index contributed by atoms with van der Waals surface area (Å²) < 4.78 is 26.7. The van der Waals surface area contributed by atoms with Crippen molar-refractivity contribution in [1.82, 2.24) is 9.29 Å². The van der Waals surface area contributed by atoms with Gasteiger partial charge in [0, 0.05) is 35.8 Å². The lowest BCUT2D eigenvalue weighted by atomic mass is 10.2. The van der Waals surface area contributed by atoms with Gasteiger partial charge < -0.3 is 0 Å². The number of nitrogens with zero attached hydrogens (tertiary/aromatic N) is 2. The molecule has 7 heteroatoms. The fourth-order valence-corrected chi connectivity index (χ4v) is 4.11. The van der Waals surface area contributed by atoms with E-state index in [0.29, 0.717) is 23.4 Å². The van der Waals surface area contributed by atoms with Crippen molar-refractivity contribution in [3.8, 4) is 0 Å². The Kier molecular flexibility index (Phi) is 4.07. The van der Waals surface area contributed by atoms with Gasteiger partial charge in [-0.1, -0.05) is 0 Å². The van der Waals surface area contributed by atoms with Gasteiger partial charge in [-0.3, -0.25) is 4.98 Å². The highest BCUT2D eigenvalue weighted by Gasteiger charge is 2.32. The van der Waals surface area contributed by atoms with Crippen molar-refractivity contribution in [1.29, 1.82) is 0 Å². The molecule has 0 amide bonds. The first-order chi connectivity index (χ1) is 8.04. The second-order valence-corrected chi connectivity index (χ2v) is 7.17. The fraction of sp³-hybridized carbons (Fsp3) is 0.500. The Labute approximate surface area is 114 Å². The van der Waals surface area contributed by atoms with Crippen molar-refractivity contribution >= 4 is 37.6 Å².